The van der Waals surface area contributed by atoms with Crippen molar-refractivity contribution in [1.82, 2.24) is 5.32 Å². The highest BCUT2D eigenvalue weighted by Crippen LogP contribution is 2.41. The van der Waals surface area contributed by atoms with Gasteiger partial charge in [0.1, 0.15) is 11.9 Å². The van der Waals surface area contributed by atoms with Gasteiger partial charge in [0.25, 0.3) is 0 Å². The van der Waals surface area contributed by atoms with E-state index in [1.54, 1.807) is 12.1 Å². The quantitative estimate of drug-likeness (QED) is 0.331. The maximum atomic E-state index is 11.9. The first kappa shape index (κ1) is 23.8. The number of rotatable bonds is 6. The Labute approximate surface area is 206 Å². The Balaban J connectivity index is 0.00000274. The predicted octanol–water partition coefficient (Wildman–Crippen LogP) is 6.59. The van der Waals surface area contributed by atoms with Crippen LogP contribution in [0.3, 0.4) is 0 Å². The van der Waals surface area contributed by atoms with Gasteiger partial charge in [-0.1, -0.05) is 78.9 Å². The number of halogens is 1. The normalized spacial score (nSPS) is 17.8. The van der Waals surface area contributed by atoms with E-state index in [1.165, 1.54) is 16.3 Å². The maximum Gasteiger partial charge on any atom is 0.335 e. The summed E-state index contributed by atoms with van der Waals surface area (Å²) in [6.45, 7) is 2.85. The van der Waals surface area contributed by atoms with Gasteiger partial charge in [-0.15, -0.1) is 12.4 Å². The van der Waals surface area contributed by atoms with Crippen LogP contribution >= 0.6 is 12.4 Å². The fraction of sp³-hybridized carbons (Fsp3) is 0.207. The van der Waals surface area contributed by atoms with Gasteiger partial charge in [0.2, 0.25) is 0 Å². The zero-order valence-corrected chi connectivity index (χ0v) is 19.8. The molecular weight excluding hydrogens is 446 g/mol. The van der Waals surface area contributed by atoms with E-state index in [9.17, 15) is 9.90 Å². The number of carbonyl (C=O) groups is 1. The van der Waals surface area contributed by atoms with Gasteiger partial charge in [-0.05, 0) is 47.4 Å². The zero-order chi connectivity index (χ0) is 22.8. The molecule has 0 radical (unpaired) electrons. The zero-order valence-electron chi connectivity index (χ0n) is 19.0. The number of carboxylic acid groups (broad SMARTS) is 1. The summed E-state index contributed by atoms with van der Waals surface area (Å²) in [6.07, 6.45) is 0.653. The van der Waals surface area contributed by atoms with Gasteiger partial charge in [-0.2, -0.15) is 0 Å². The first-order chi connectivity index (χ1) is 16.1. The summed E-state index contributed by atoms with van der Waals surface area (Å²) < 4.78 is 6.35. The lowest BCUT2D eigenvalue weighted by Crippen LogP contribution is -2.37. The van der Waals surface area contributed by atoms with Crippen LogP contribution in [0.4, 0.5) is 0 Å². The Bertz CT molecular complexity index is 1300. The summed E-state index contributed by atoms with van der Waals surface area (Å²) in [6, 6.07) is 30.3. The molecule has 1 aliphatic rings. The van der Waals surface area contributed by atoms with E-state index in [1.807, 2.05) is 36.4 Å². The molecule has 4 aromatic rings. The fourth-order valence-corrected chi connectivity index (χ4v) is 4.95. The second-order valence-corrected chi connectivity index (χ2v) is 8.66. The standard InChI is InChI=1S/C29H27NO3.ClH/c1-19(22-15-8-10-20-9-2-3-11-23(20)22)30-18-21-17-27(25-13-6-7-16-28(25)33-21)24-12-4-5-14-26(24)29(31)32;/h2-16,19,21,27,30H,17-18H2,1H3,(H,31,32);1H/t19-,21-,27+;/m1./s1. The number of hydrogen-bond donors (Lipinski definition) is 2. The van der Waals surface area contributed by atoms with Crippen molar-refractivity contribution in [3.05, 3.63) is 113 Å². The van der Waals surface area contributed by atoms with Crippen molar-refractivity contribution in [2.75, 3.05) is 6.54 Å². The molecule has 0 aromatic heterocycles. The Morgan fingerprint density at radius 1 is 0.941 bits per heavy atom. The van der Waals surface area contributed by atoms with Crippen molar-refractivity contribution in [1.29, 1.82) is 0 Å². The molecule has 0 unspecified atom stereocenters. The largest absolute Gasteiger partial charge is 0.489 e. The summed E-state index contributed by atoms with van der Waals surface area (Å²) in [7, 11) is 0. The summed E-state index contributed by atoms with van der Waals surface area (Å²) in [5, 5.41) is 15.9. The van der Waals surface area contributed by atoms with Crippen LogP contribution in [0, 0.1) is 0 Å². The SMILES string of the molecule is C[C@@H](NC[C@H]1C[C@@H](c2ccccc2C(=O)O)c2ccccc2O1)c1cccc2ccccc12.Cl. The van der Waals surface area contributed by atoms with Crippen LogP contribution in [0.5, 0.6) is 5.75 Å². The third kappa shape index (κ3) is 4.65. The third-order valence-electron chi connectivity index (χ3n) is 6.59. The molecule has 34 heavy (non-hydrogen) atoms. The summed E-state index contributed by atoms with van der Waals surface area (Å²) in [5.74, 6) is -0.0886. The van der Waals surface area contributed by atoms with Crippen molar-refractivity contribution in [3.8, 4) is 5.75 Å². The van der Waals surface area contributed by atoms with Gasteiger partial charge in [0.05, 0.1) is 5.56 Å². The molecular formula is C29H28ClNO3. The van der Waals surface area contributed by atoms with Crippen LogP contribution in [0.2, 0.25) is 0 Å². The second-order valence-electron chi connectivity index (χ2n) is 8.66. The van der Waals surface area contributed by atoms with E-state index < -0.39 is 5.97 Å². The number of benzene rings is 4. The van der Waals surface area contributed by atoms with Crippen molar-refractivity contribution < 1.29 is 14.6 Å². The second kappa shape index (κ2) is 10.3. The molecule has 0 fully saturated rings. The number of para-hydroxylation sites is 1. The lowest BCUT2D eigenvalue weighted by atomic mass is 9.82. The topological polar surface area (TPSA) is 58.6 Å². The van der Waals surface area contributed by atoms with E-state index in [0.29, 0.717) is 12.1 Å². The van der Waals surface area contributed by atoms with Crippen LogP contribution in [0.1, 0.15) is 52.4 Å². The molecule has 0 saturated carbocycles. The van der Waals surface area contributed by atoms with Crippen LogP contribution in [0.25, 0.3) is 10.8 Å². The molecule has 0 saturated heterocycles. The minimum Gasteiger partial charge on any atom is -0.489 e. The highest BCUT2D eigenvalue weighted by molar-refractivity contribution is 5.90. The van der Waals surface area contributed by atoms with E-state index in [2.05, 4.69) is 54.7 Å². The van der Waals surface area contributed by atoms with Crippen molar-refractivity contribution in [2.45, 2.75) is 31.4 Å². The van der Waals surface area contributed by atoms with Gasteiger partial charge < -0.3 is 15.2 Å². The van der Waals surface area contributed by atoms with Crippen molar-refractivity contribution in [2.24, 2.45) is 0 Å². The number of carboxylic acids is 1. The number of hydrogen-bond acceptors (Lipinski definition) is 3. The molecule has 174 valence electrons. The monoisotopic (exact) mass is 473 g/mol. The maximum absolute atomic E-state index is 11.9. The Hall–Kier alpha value is -3.34. The molecule has 4 nitrogen and oxygen atoms in total. The van der Waals surface area contributed by atoms with Gasteiger partial charge in [-0.3, -0.25) is 0 Å². The third-order valence-corrected chi connectivity index (χ3v) is 6.59. The highest BCUT2D eigenvalue weighted by atomic mass is 35.5. The van der Waals surface area contributed by atoms with Crippen LogP contribution in [-0.4, -0.2) is 23.7 Å². The molecule has 0 spiro atoms. The molecule has 5 rings (SSSR count). The summed E-state index contributed by atoms with van der Waals surface area (Å²) in [5.41, 5.74) is 3.50. The molecule has 0 bridgehead atoms. The molecule has 5 heteroatoms. The fourth-order valence-electron chi connectivity index (χ4n) is 4.95. The minimum atomic E-state index is -0.895. The number of fused-ring (bicyclic) bond motifs is 2. The Morgan fingerprint density at radius 2 is 1.62 bits per heavy atom. The lowest BCUT2D eigenvalue weighted by Gasteiger charge is -2.34. The van der Waals surface area contributed by atoms with Crippen molar-refractivity contribution in [3.63, 3.8) is 0 Å². The molecule has 1 aliphatic heterocycles. The smallest absolute Gasteiger partial charge is 0.335 e. The number of aromatic carboxylic acids is 1. The summed E-state index contributed by atoms with van der Waals surface area (Å²) in [4.78, 5) is 11.9. The highest BCUT2D eigenvalue weighted by Gasteiger charge is 2.31. The number of nitrogens with one attached hydrogen (secondary N) is 1. The molecule has 0 amide bonds. The first-order valence-electron chi connectivity index (χ1n) is 11.4. The van der Waals surface area contributed by atoms with Gasteiger partial charge >= 0.3 is 5.97 Å². The molecule has 3 atom stereocenters. The average Bonchev–Trinajstić information content (AvgIpc) is 2.86. The molecule has 0 aliphatic carbocycles. The predicted molar refractivity (Wildman–Crippen MR) is 138 cm³/mol. The van der Waals surface area contributed by atoms with E-state index in [0.717, 1.165) is 23.3 Å². The first-order valence-corrected chi connectivity index (χ1v) is 11.4. The van der Waals surface area contributed by atoms with Gasteiger partial charge in [0, 0.05) is 24.1 Å². The lowest BCUT2D eigenvalue weighted by molar-refractivity contribution is 0.0694. The number of ether oxygens (including phenoxy) is 1. The molecule has 1 heterocycles. The van der Waals surface area contributed by atoms with Crippen molar-refractivity contribution >= 4 is 29.1 Å². The van der Waals surface area contributed by atoms with E-state index in [4.69, 9.17) is 4.74 Å². The molecule has 4 aromatic carbocycles. The molecule has 2 N–H and O–H groups in total. The van der Waals surface area contributed by atoms with Gasteiger partial charge in [-0.25, -0.2) is 4.79 Å². The van der Waals surface area contributed by atoms with E-state index >= 15 is 0 Å². The van der Waals surface area contributed by atoms with Crippen LogP contribution in [0.15, 0.2) is 91.0 Å². The summed E-state index contributed by atoms with van der Waals surface area (Å²) >= 11 is 0. The Morgan fingerprint density at radius 3 is 2.44 bits per heavy atom. The Kier molecular flexibility index (Phi) is 7.20. The van der Waals surface area contributed by atoms with Crippen LogP contribution in [-0.2, 0) is 0 Å². The average molecular weight is 474 g/mol. The van der Waals surface area contributed by atoms with E-state index in [-0.39, 0.29) is 30.5 Å². The van der Waals surface area contributed by atoms with Gasteiger partial charge in [0.15, 0.2) is 0 Å². The minimum absolute atomic E-state index is 0. The van der Waals surface area contributed by atoms with Crippen LogP contribution < -0.4 is 10.1 Å².